The molecule has 82 valence electrons. The summed E-state index contributed by atoms with van der Waals surface area (Å²) in [5.74, 6) is -0.226. The van der Waals surface area contributed by atoms with Crippen LogP contribution in [0, 0.1) is 10.5 Å². The first-order valence-corrected chi connectivity index (χ1v) is 5.87. The second-order valence-electron chi connectivity index (χ2n) is 3.12. The molecular weight excluding hydrogens is 305 g/mol. The molecule has 0 atom stereocenters. The van der Waals surface area contributed by atoms with Crippen LogP contribution < -0.4 is 5.32 Å². The summed E-state index contributed by atoms with van der Waals surface area (Å²) in [6, 6.07) is 6.03. The maximum atomic E-state index is 11.1. The van der Waals surface area contributed by atoms with Crippen LogP contribution in [-0.4, -0.2) is 19.1 Å². The zero-order chi connectivity index (χ0) is 11.3. The van der Waals surface area contributed by atoms with Crippen molar-refractivity contribution in [3.05, 3.63) is 27.3 Å². The number of carbonyl (C=O) groups excluding carboxylic acids is 1. The van der Waals surface area contributed by atoms with E-state index in [9.17, 15) is 4.79 Å². The van der Waals surface area contributed by atoms with E-state index in [0.29, 0.717) is 6.61 Å². The normalized spacial score (nSPS) is 9.80. The summed E-state index contributed by atoms with van der Waals surface area (Å²) >= 11 is 2.26. The van der Waals surface area contributed by atoms with Crippen molar-refractivity contribution in [1.82, 2.24) is 0 Å². The van der Waals surface area contributed by atoms with Gasteiger partial charge in [-0.3, -0.25) is 4.79 Å². The predicted molar refractivity (Wildman–Crippen MR) is 69.0 cm³/mol. The number of carbonyl (C=O) groups is 1. The van der Waals surface area contributed by atoms with E-state index in [0.717, 1.165) is 11.3 Å². The maximum Gasteiger partial charge on any atom is 0.325 e. The van der Waals surface area contributed by atoms with Crippen LogP contribution in [0.3, 0.4) is 0 Å². The second-order valence-corrected chi connectivity index (χ2v) is 4.36. The second kappa shape index (κ2) is 5.95. The van der Waals surface area contributed by atoms with Gasteiger partial charge in [-0.05, 0) is 60.2 Å². The number of hydrogen-bond donors (Lipinski definition) is 1. The number of ether oxygens (including phenoxy) is 1. The van der Waals surface area contributed by atoms with Gasteiger partial charge in [0.1, 0.15) is 6.54 Å². The summed E-state index contributed by atoms with van der Waals surface area (Å²) in [6.45, 7) is 4.45. The fraction of sp³-hybridized carbons (Fsp3) is 0.364. The van der Waals surface area contributed by atoms with Gasteiger partial charge >= 0.3 is 5.97 Å². The Morgan fingerprint density at radius 3 is 2.87 bits per heavy atom. The molecule has 0 aromatic heterocycles. The third kappa shape index (κ3) is 4.07. The molecule has 0 aliphatic carbocycles. The molecule has 0 fully saturated rings. The molecule has 0 aliphatic rings. The fourth-order valence-corrected chi connectivity index (χ4v) is 1.85. The highest BCUT2D eigenvalue weighted by Gasteiger charge is 2.03. The molecule has 1 aromatic rings. The van der Waals surface area contributed by atoms with Crippen LogP contribution >= 0.6 is 22.6 Å². The summed E-state index contributed by atoms with van der Waals surface area (Å²) < 4.78 is 6.01. The third-order valence-electron chi connectivity index (χ3n) is 1.92. The van der Waals surface area contributed by atoms with Gasteiger partial charge in [0.2, 0.25) is 0 Å². The Bertz CT molecular complexity index is 352. The predicted octanol–water partition coefficient (Wildman–Crippen LogP) is 2.57. The Kier molecular flexibility index (Phi) is 4.87. The Labute approximate surface area is 103 Å². The van der Waals surface area contributed by atoms with Gasteiger partial charge in [-0.15, -0.1) is 0 Å². The Morgan fingerprint density at radius 1 is 1.53 bits per heavy atom. The minimum Gasteiger partial charge on any atom is -0.465 e. The quantitative estimate of drug-likeness (QED) is 0.685. The van der Waals surface area contributed by atoms with Crippen LogP contribution in [-0.2, 0) is 9.53 Å². The number of rotatable bonds is 4. The molecule has 0 saturated carbocycles. The summed E-state index contributed by atoms with van der Waals surface area (Å²) in [5.41, 5.74) is 2.11. The molecule has 1 rings (SSSR count). The SMILES string of the molecule is CCOC(=O)CNc1ccc(I)cc1C. The van der Waals surface area contributed by atoms with Crippen molar-refractivity contribution in [2.45, 2.75) is 13.8 Å². The average molecular weight is 319 g/mol. The number of halogens is 1. The van der Waals surface area contributed by atoms with Crippen molar-refractivity contribution in [3.63, 3.8) is 0 Å². The number of anilines is 1. The number of benzene rings is 1. The zero-order valence-electron chi connectivity index (χ0n) is 8.84. The van der Waals surface area contributed by atoms with Gasteiger partial charge in [-0.2, -0.15) is 0 Å². The van der Waals surface area contributed by atoms with E-state index in [1.165, 1.54) is 3.57 Å². The molecule has 0 spiro atoms. The summed E-state index contributed by atoms with van der Waals surface area (Å²) in [7, 11) is 0. The van der Waals surface area contributed by atoms with Gasteiger partial charge in [0.15, 0.2) is 0 Å². The van der Waals surface area contributed by atoms with Gasteiger partial charge in [0, 0.05) is 9.26 Å². The monoisotopic (exact) mass is 319 g/mol. The standard InChI is InChI=1S/C11H14INO2/c1-3-15-11(14)7-13-10-5-4-9(12)6-8(10)2/h4-6,13H,3,7H2,1-2H3. The van der Waals surface area contributed by atoms with Crippen LogP contribution in [0.25, 0.3) is 0 Å². The number of esters is 1. The molecule has 0 heterocycles. The third-order valence-corrected chi connectivity index (χ3v) is 2.59. The van der Waals surface area contributed by atoms with Crippen LogP contribution in [0.5, 0.6) is 0 Å². The molecule has 0 radical (unpaired) electrons. The van der Waals surface area contributed by atoms with E-state index in [2.05, 4.69) is 34.0 Å². The highest BCUT2D eigenvalue weighted by Crippen LogP contribution is 2.17. The molecule has 0 bridgehead atoms. The molecule has 1 aromatic carbocycles. The van der Waals surface area contributed by atoms with E-state index in [1.807, 2.05) is 19.1 Å². The van der Waals surface area contributed by atoms with Gasteiger partial charge in [-0.1, -0.05) is 0 Å². The van der Waals surface area contributed by atoms with Crippen molar-refractivity contribution < 1.29 is 9.53 Å². The first-order chi connectivity index (χ1) is 7.13. The van der Waals surface area contributed by atoms with Crippen molar-refractivity contribution in [3.8, 4) is 0 Å². The molecular formula is C11H14INO2. The topological polar surface area (TPSA) is 38.3 Å². The van der Waals surface area contributed by atoms with Gasteiger partial charge in [-0.25, -0.2) is 0 Å². The molecule has 15 heavy (non-hydrogen) atoms. The Morgan fingerprint density at radius 2 is 2.27 bits per heavy atom. The number of hydrogen-bond acceptors (Lipinski definition) is 3. The highest BCUT2D eigenvalue weighted by molar-refractivity contribution is 14.1. The summed E-state index contributed by atoms with van der Waals surface area (Å²) in [6.07, 6.45) is 0. The van der Waals surface area contributed by atoms with Crippen LogP contribution in [0.15, 0.2) is 18.2 Å². The van der Waals surface area contributed by atoms with Crippen LogP contribution in [0.4, 0.5) is 5.69 Å². The van der Waals surface area contributed by atoms with Gasteiger partial charge in [0.25, 0.3) is 0 Å². The van der Waals surface area contributed by atoms with Crippen molar-refractivity contribution in [1.29, 1.82) is 0 Å². The molecule has 0 aliphatic heterocycles. The van der Waals surface area contributed by atoms with Gasteiger partial charge in [0.05, 0.1) is 6.61 Å². The van der Waals surface area contributed by atoms with E-state index in [4.69, 9.17) is 4.74 Å². The Balaban J connectivity index is 2.54. The highest BCUT2D eigenvalue weighted by atomic mass is 127. The van der Waals surface area contributed by atoms with Crippen LogP contribution in [0.1, 0.15) is 12.5 Å². The summed E-state index contributed by atoms with van der Waals surface area (Å²) in [5, 5.41) is 3.05. The first-order valence-electron chi connectivity index (χ1n) is 4.79. The van der Waals surface area contributed by atoms with E-state index in [-0.39, 0.29) is 12.5 Å². The fourth-order valence-electron chi connectivity index (χ4n) is 1.20. The smallest absolute Gasteiger partial charge is 0.325 e. The maximum absolute atomic E-state index is 11.1. The lowest BCUT2D eigenvalue weighted by Gasteiger charge is -2.09. The molecule has 0 saturated heterocycles. The molecule has 3 nitrogen and oxygen atoms in total. The molecule has 4 heteroatoms. The number of aryl methyl sites for hydroxylation is 1. The first kappa shape index (κ1) is 12.3. The lowest BCUT2D eigenvalue weighted by atomic mass is 10.2. The van der Waals surface area contributed by atoms with E-state index < -0.39 is 0 Å². The minimum absolute atomic E-state index is 0.218. The van der Waals surface area contributed by atoms with Crippen LogP contribution in [0.2, 0.25) is 0 Å². The lowest BCUT2D eigenvalue weighted by Crippen LogP contribution is -2.17. The molecule has 0 unspecified atom stereocenters. The molecule has 1 N–H and O–H groups in total. The largest absolute Gasteiger partial charge is 0.465 e. The number of nitrogens with one attached hydrogen (secondary N) is 1. The van der Waals surface area contributed by atoms with Crippen molar-refractivity contribution in [2.24, 2.45) is 0 Å². The van der Waals surface area contributed by atoms with Gasteiger partial charge < -0.3 is 10.1 Å². The van der Waals surface area contributed by atoms with Crippen molar-refractivity contribution >= 4 is 34.2 Å². The Hall–Kier alpha value is -0.780. The average Bonchev–Trinajstić information content (AvgIpc) is 2.17. The van der Waals surface area contributed by atoms with E-state index in [1.54, 1.807) is 6.92 Å². The zero-order valence-corrected chi connectivity index (χ0v) is 11.0. The lowest BCUT2D eigenvalue weighted by molar-refractivity contribution is -0.140. The minimum atomic E-state index is -0.226. The van der Waals surface area contributed by atoms with Crippen molar-refractivity contribution in [2.75, 3.05) is 18.5 Å². The van der Waals surface area contributed by atoms with E-state index >= 15 is 0 Å². The molecule has 0 amide bonds. The summed E-state index contributed by atoms with van der Waals surface area (Å²) in [4.78, 5) is 11.1.